The summed E-state index contributed by atoms with van der Waals surface area (Å²) >= 11 is 0. The summed E-state index contributed by atoms with van der Waals surface area (Å²) in [5.74, 6) is 0.308. The zero-order chi connectivity index (χ0) is 25.6. The number of hydrogen-bond donors (Lipinski definition) is 2. The number of aliphatic hydroxyl groups is 1. The molecule has 0 bridgehead atoms. The van der Waals surface area contributed by atoms with Gasteiger partial charge in [0.2, 0.25) is 11.7 Å². The van der Waals surface area contributed by atoms with E-state index in [0.717, 1.165) is 35.1 Å². The van der Waals surface area contributed by atoms with Crippen LogP contribution in [0.5, 0.6) is 0 Å². The van der Waals surface area contributed by atoms with Crippen LogP contribution in [-0.4, -0.2) is 36.3 Å². The summed E-state index contributed by atoms with van der Waals surface area (Å²) in [4.78, 5) is 29.7. The molecule has 4 aromatic rings. The Kier molecular flexibility index (Phi) is 5.87. The highest BCUT2D eigenvalue weighted by molar-refractivity contribution is 5.90. The largest absolute Gasteiger partial charge is 0.416 e. The van der Waals surface area contributed by atoms with Crippen molar-refractivity contribution in [2.45, 2.75) is 44.5 Å². The molecule has 0 atom stereocenters. The molecule has 2 N–H and O–H groups in total. The fraction of sp³-hybridized carbons (Fsp3) is 0.280. The molecule has 0 spiro atoms. The second-order valence-electron chi connectivity index (χ2n) is 8.92. The molecule has 2 aromatic heterocycles. The molecule has 0 unspecified atom stereocenters. The molecule has 0 saturated heterocycles. The van der Waals surface area contributed by atoms with Gasteiger partial charge in [-0.05, 0) is 55.5 Å². The molecule has 11 heteroatoms. The summed E-state index contributed by atoms with van der Waals surface area (Å²) in [5.41, 5.74) is 1.29. The molecule has 1 amide bonds. The molecule has 1 aliphatic rings. The van der Waals surface area contributed by atoms with Crippen LogP contribution < -0.4 is 10.9 Å². The highest BCUT2D eigenvalue weighted by atomic mass is 19.4. The van der Waals surface area contributed by atoms with Gasteiger partial charge >= 0.3 is 6.18 Å². The molecule has 8 nitrogen and oxygen atoms in total. The smallest absolute Gasteiger partial charge is 0.393 e. The van der Waals surface area contributed by atoms with Crippen LogP contribution in [0.4, 0.5) is 18.9 Å². The Balaban J connectivity index is 1.39. The number of anilines is 1. The van der Waals surface area contributed by atoms with Crippen molar-refractivity contribution in [2.75, 3.05) is 5.32 Å². The highest BCUT2D eigenvalue weighted by Gasteiger charge is 2.30. The summed E-state index contributed by atoms with van der Waals surface area (Å²) < 4.78 is 40.9. The SMILES string of the molecule is Cc1cc(=O)n2nc(-c3ccc(C4CC(O)C4)cc3)nc2n1CC(=O)Nc1ccc(C(F)(F)F)cc1. The molecule has 1 aliphatic carbocycles. The standard InChI is InChI=1S/C25H22F3N5O3/c1-14-10-22(36)33-24(30-23(31-33)16-4-2-15(3-5-16)17-11-20(34)12-17)32(14)13-21(35)29-19-8-6-18(7-9-19)25(26,27)28/h2-10,17,20,34H,11-13H2,1H3,(H,29,35). The number of amides is 1. The van der Waals surface area contributed by atoms with E-state index >= 15 is 0 Å². The highest BCUT2D eigenvalue weighted by Crippen LogP contribution is 2.37. The molecule has 5 rings (SSSR count). The van der Waals surface area contributed by atoms with E-state index in [1.807, 2.05) is 24.3 Å². The zero-order valence-electron chi connectivity index (χ0n) is 19.2. The number of aromatic nitrogens is 4. The number of halogens is 3. The predicted molar refractivity (Wildman–Crippen MR) is 125 cm³/mol. The number of rotatable bonds is 5. The fourth-order valence-corrected chi connectivity index (χ4v) is 4.27. The summed E-state index contributed by atoms with van der Waals surface area (Å²) in [7, 11) is 0. The number of nitrogens with zero attached hydrogens (tertiary/aromatic N) is 4. The Morgan fingerprint density at radius 3 is 2.39 bits per heavy atom. The number of alkyl halides is 3. The second-order valence-corrected chi connectivity index (χ2v) is 8.92. The summed E-state index contributed by atoms with van der Waals surface area (Å²) in [5, 5.41) is 16.4. The van der Waals surface area contributed by atoms with Gasteiger partial charge in [0, 0.05) is 23.0 Å². The van der Waals surface area contributed by atoms with Crippen molar-refractivity contribution in [3.63, 3.8) is 0 Å². The number of fused-ring (bicyclic) bond motifs is 1. The lowest BCUT2D eigenvalue weighted by molar-refractivity contribution is -0.137. The Bertz CT molecular complexity index is 1490. The maximum absolute atomic E-state index is 12.8. The topological polar surface area (TPSA) is 102 Å². The fourth-order valence-electron chi connectivity index (χ4n) is 4.27. The van der Waals surface area contributed by atoms with Crippen molar-refractivity contribution >= 4 is 17.4 Å². The van der Waals surface area contributed by atoms with E-state index < -0.39 is 23.2 Å². The van der Waals surface area contributed by atoms with Crippen molar-refractivity contribution in [2.24, 2.45) is 0 Å². The van der Waals surface area contributed by atoms with Gasteiger partial charge in [0.05, 0.1) is 11.7 Å². The van der Waals surface area contributed by atoms with Gasteiger partial charge in [0.15, 0.2) is 5.82 Å². The number of aliphatic hydroxyl groups excluding tert-OH is 1. The van der Waals surface area contributed by atoms with Crippen LogP contribution in [0.1, 0.15) is 35.6 Å². The zero-order valence-corrected chi connectivity index (χ0v) is 19.2. The van der Waals surface area contributed by atoms with Crippen LogP contribution in [0.3, 0.4) is 0 Å². The quantitative estimate of drug-likeness (QED) is 0.437. The number of nitrogens with one attached hydrogen (secondary N) is 1. The number of carbonyl (C=O) groups excluding carboxylic acids is 1. The third-order valence-corrected chi connectivity index (χ3v) is 6.35. The third-order valence-electron chi connectivity index (χ3n) is 6.35. The van der Waals surface area contributed by atoms with E-state index in [1.165, 1.54) is 22.8 Å². The molecular weight excluding hydrogens is 475 g/mol. The van der Waals surface area contributed by atoms with E-state index in [-0.39, 0.29) is 24.1 Å². The number of hydrogen-bond acceptors (Lipinski definition) is 5. The number of aryl methyl sites for hydroxylation is 1. The van der Waals surface area contributed by atoms with E-state index in [1.54, 1.807) is 6.92 Å². The predicted octanol–water partition coefficient (Wildman–Crippen LogP) is 3.76. The molecule has 0 aliphatic heterocycles. The van der Waals surface area contributed by atoms with Crippen molar-refractivity contribution in [3.8, 4) is 11.4 Å². The maximum Gasteiger partial charge on any atom is 0.416 e. The lowest BCUT2D eigenvalue weighted by Gasteiger charge is -2.31. The number of benzene rings is 2. The van der Waals surface area contributed by atoms with Crippen molar-refractivity contribution in [1.82, 2.24) is 19.2 Å². The Morgan fingerprint density at radius 2 is 1.78 bits per heavy atom. The van der Waals surface area contributed by atoms with E-state index in [2.05, 4.69) is 15.4 Å². The van der Waals surface area contributed by atoms with Crippen LogP contribution in [-0.2, 0) is 17.5 Å². The lowest BCUT2D eigenvalue weighted by atomic mass is 9.77. The minimum absolute atomic E-state index is 0.170. The molecular formula is C25H22F3N5O3. The molecule has 1 saturated carbocycles. The maximum atomic E-state index is 12.8. The third kappa shape index (κ3) is 4.61. The van der Waals surface area contributed by atoms with Crippen molar-refractivity contribution < 1.29 is 23.1 Å². The molecule has 2 aromatic carbocycles. The van der Waals surface area contributed by atoms with Crippen LogP contribution in [0.2, 0.25) is 0 Å². The van der Waals surface area contributed by atoms with E-state index in [0.29, 0.717) is 23.0 Å². The van der Waals surface area contributed by atoms with Gasteiger partial charge in [0.1, 0.15) is 6.54 Å². The van der Waals surface area contributed by atoms with Gasteiger partial charge in [-0.1, -0.05) is 24.3 Å². The monoisotopic (exact) mass is 497 g/mol. The molecule has 186 valence electrons. The van der Waals surface area contributed by atoms with Crippen LogP contribution >= 0.6 is 0 Å². The van der Waals surface area contributed by atoms with Gasteiger partial charge in [-0.25, -0.2) is 0 Å². The molecule has 36 heavy (non-hydrogen) atoms. The summed E-state index contributed by atoms with van der Waals surface area (Å²) in [6.45, 7) is 1.43. The molecule has 0 radical (unpaired) electrons. The minimum Gasteiger partial charge on any atom is -0.393 e. The summed E-state index contributed by atoms with van der Waals surface area (Å²) in [6.07, 6.45) is -3.24. The minimum atomic E-state index is -4.47. The normalized spacial score (nSPS) is 17.7. The van der Waals surface area contributed by atoms with Crippen molar-refractivity contribution in [3.05, 3.63) is 81.8 Å². The first-order chi connectivity index (χ1) is 17.1. The van der Waals surface area contributed by atoms with Crippen LogP contribution in [0.25, 0.3) is 17.2 Å². The summed E-state index contributed by atoms with van der Waals surface area (Å²) in [6, 6.07) is 13.1. The van der Waals surface area contributed by atoms with Gasteiger partial charge in [0.25, 0.3) is 5.56 Å². The molecule has 2 heterocycles. The first-order valence-electron chi connectivity index (χ1n) is 11.3. The lowest BCUT2D eigenvalue weighted by Crippen LogP contribution is -2.26. The molecule has 1 fully saturated rings. The van der Waals surface area contributed by atoms with Gasteiger partial charge in [-0.15, -0.1) is 5.10 Å². The van der Waals surface area contributed by atoms with Gasteiger partial charge in [-0.2, -0.15) is 22.7 Å². The van der Waals surface area contributed by atoms with Gasteiger partial charge < -0.3 is 15.0 Å². The average Bonchev–Trinajstić information content (AvgIpc) is 3.26. The van der Waals surface area contributed by atoms with Crippen LogP contribution in [0, 0.1) is 6.92 Å². The first-order valence-corrected chi connectivity index (χ1v) is 11.3. The van der Waals surface area contributed by atoms with Crippen LogP contribution in [0.15, 0.2) is 59.4 Å². The Hall–Kier alpha value is -3.99. The first kappa shape index (κ1) is 23.7. The average molecular weight is 497 g/mol. The van der Waals surface area contributed by atoms with Gasteiger partial charge in [-0.3, -0.25) is 9.59 Å². The van der Waals surface area contributed by atoms with E-state index in [9.17, 15) is 27.9 Å². The Labute approximate surface area is 203 Å². The van der Waals surface area contributed by atoms with Crippen molar-refractivity contribution in [1.29, 1.82) is 0 Å². The number of carbonyl (C=O) groups is 1. The Morgan fingerprint density at radius 1 is 1.11 bits per heavy atom. The van der Waals surface area contributed by atoms with E-state index in [4.69, 9.17) is 0 Å². The second kappa shape index (κ2) is 8.90.